The van der Waals surface area contributed by atoms with E-state index in [1.165, 1.54) is 4.90 Å². The Morgan fingerprint density at radius 3 is 2.03 bits per heavy atom. The summed E-state index contributed by atoms with van der Waals surface area (Å²) in [6.45, 7) is 0.531. The van der Waals surface area contributed by atoms with Gasteiger partial charge in [0, 0.05) is 18.4 Å². The summed E-state index contributed by atoms with van der Waals surface area (Å²) in [6, 6.07) is 24.8. The Balaban J connectivity index is 1.32. The van der Waals surface area contributed by atoms with Crippen molar-refractivity contribution in [1.29, 1.82) is 0 Å². The average Bonchev–Trinajstić information content (AvgIpc) is 3.06. The Hall–Kier alpha value is -3.60. The Bertz CT molecular complexity index is 1070. The summed E-state index contributed by atoms with van der Waals surface area (Å²) in [5.41, 5.74) is 5.50. The molecule has 1 amide bonds. The molecule has 1 fully saturated rings. The minimum Gasteiger partial charge on any atom is -0.480 e. The van der Waals surface area contributed by atoms with Gasteiger partial charge in [-0.05, 0) is 27.8 Å². The Morgan fingerprint density at radius 1 is 0.867 bits per heavy atom. The number of hydrogen-bond acceptors (Lipinski definition) is 3. The van der Waals surface area contributed by atoms with Gasteiger partial charge in [0.1, 0.15) is 12.6 Å². The molecule has 5 rings (SSSR count). The van der Waals surface area contributed by atoms with Crippen molar-refractivity contribution in [2.75, 3.05) is 13.2 Å². The highest BCUT2D eigenvalue weighted by Gasteiger charge is 2.48. The number of carbonyl (C=O) groups excluding carboxylic acids is 1. The standard InChI is InChI=1S/C25H21NO4/c27-24(28)23-21(16-8-2-1-3-9-16)14-26(23)25(29)30-15-22-19-12-6-4-10-17(19)18-11-5-7-13-20(18)22/h1-13,21-23H,14-15H2,(H,27,28)/t21-,23-/m0/s1. The molecule has 5 nitrogen and oxygen atoms in total. The highest BCUT2D eigenvalue weighted by molar-refractivity contribution is 5.84. The summed E-state index contributed by atoms with van der Waals surface area (Å²) in [5, 5.41) is 9.67. The number of ether oxygens (including phenoxy) is 1. The average molecular weight is 399 g/mol. The van der Waals surface area contributed by atoms with Crippen LogP contribution in [0.25, 0.3) is 11.1 Å². The molecule has 0 aromatic heterocycles. The minimum absolute atomic E-state index is 0.0455. The van der Waals surface area contributed by atoms with Crippen LogP contribution in [0.4, 0.5) is 4.79 Å². The van der Waals surface area contributed by atoms with Crippen LogP contribution in [0.15, 0.2) is 78.9 Å². The van der Waals surface area contributed by atoms with Crippen molar-refractivity contribution in [3.63, 3.8) is 0 Å². The fourth-order valence-corrected chi connectivity index (χ4v) is 4.66. The Kier molecular flexibility index (Phi) is 4.51. The fraction of sp³-hybridized carbons (Fsp3) is 0.200. The van der Waals surface area contributed by atoms with Gasteiger partial charge in [0.05, 0.1) is 0 Å². The van der Waals surface area contributed by atoms with E-state index in [0.717, 1.165) is 27.8 Å². The predicted octanol–water partition coefficient (Wildman–Crippen LogP) is 4.49. The van der Waals surface area contributed by atoms with Crippen LogP contribution in [-0.2, 0) is 9.53 Å². The second-order valence-corrected chi connectivity index (χ2v) is 7.76. The molecule has 1 N–H and O–H groups in total. The predicted molar refractivity (Wildman–Crippen MR) is 112 cm³/mol. The number of likely N-dealkylation sites (tertiary alicyclic amines) is 1. The molecule has 2 atom stereocenters. The van der Waals surface area contributed by atoms with Crippen molar-refractivity contribution in [1.82, 2.24) is 4.90 Å². The molecule has 150 valence electrons. The van der Waals surface area contributed by atoms with E-state index in [1.54, 1.807) is 0 Å². The van der Waals surface area contributed by atoms with Crippen LogP contribution in [0, 0.1) is 0 Å². The Morgan fingerprint density at radius 2 is 1.43 bits per heavy atom. The molecule has 2 aliphatic rings. The lowest BCUT2D eigenvalue weighted by Crippen LogP contribution is -2.61. The molecular formula is C25H21NO4. The molecule has 1 aliphatic carbocycles. The van der Waals surface area contributed by atoms with Crippen LogP contribution in [0.2, 0.25) is 0 Å². The van der Waals surface area contributed by atoms with Crippen molar-refractivity contribution in [3.8, 4) is 11.1 Å². The molecule has 0 radical (unpaired) electrons. The number of benzene rings is 3. The molecule has 3 aromatic carbocycles. The van der Waals surface area contributed by atoms with Crippen LogP contribution in [0.1, 0.15) is 28.5 Å². The molecule has 0 unspecified atom stereocenters. The van der Waals surface area contributed by atoms with Crippen molar-refractivity contribution in [2.45, 2.75) is 17.9 Å². The van der Waals surface area contributed by atoms with Gasteiger partial charge in [-0.15, -0.1) is 0 Å². The summed E-state index contributed by atoms with van der Waals surface area (Å²) in [7, 11) is 0. The molecule has 5 heteroatoms. The molecule has 1 aliphatic heterocycles. The summed E-state index contributed by atoms with van der Waals surface area (Å²) in [5.74, 6) is -1.27. The topological polar surface area (TPSA) is 66.8 Å². The van der Waals surface area contributed by atoms with Crippen LogP contribution < -0.4 is 0 Å². The maximum atomic E-state index is 12.7. The summed E-state index contributed by atoms with van der Waals surface area (Å²) in [6.07, 6.45) is -0.573. The molecular weight excluding hydrogens is 378 g/mol. The van der Waals surface area contributed by atoms with Crippen LogP contribution >= 0.6 is 0 Å². The van der Waals surface area contributed by atoms with E-state index in [4.69, 9.17) is 4.74 Å². The molecule has 0 saturated carbocycles. The smallest absolute Gasteiger partial charge is 0.410 e. The minimum atomic E-state index is -1.01. The first-order valence-corrected chi connectivity index (χ1v) is 10.0. The van der Waals surface area contributed by atoms with E-state index < -0.39 is 18.1 Å². The number of fused-ring (bicyclic) bond motifs is 3. The van der Waals surface area contributed by atoms with Gasteiger partial charge in [-0.25, -0.2) is 9.59 Å². The van der Waals surface area contributed by atoms with Gasteiger partial charge < -0.3 is 9.84 Å². The maximum absolute atomic E-state index is 12.7. The van der Waals surface area contributed by atoms with Gasteiger partial charge >= 0.3 is 12.1 Å². The Labute approximate surface area is 174 Å². The fourth-order valence-electron chi connectivity index (χ4n) is 4.66. The second kappa shape index (κ2) is 7.34. The third-order valence-corrected chi connectivity index (χ3v) is 6.16. The van der Waals surface area contributed by atoms with Gasteiger partial charge in [0.25, 0.3) is 0 Å². The van der Waals surface area contributed by atoms with Crippen molar-refractivity contribution in [3.05, 3.63) is 95.6 Å². The lowest BCUT2D eigenvalue weighted by atomic mass is 9.83. The molecule has 1 heterocycles. The third-order valence-electron chi connectivity index (χ3n) is 6.16. The van der Waals surface area contributed by atoms with Gasteiger partial charge in [-0.2, -0.15) is 0 Å². The normalized spacial score (nSPS) is 19.5. The van der Waals surface area contributed by atoms with Gasteiger partial charge in [0.2, 0.25) is 0 Å². The number of rotatable bonds is 4. The number of aliphatic carboxylic acids is 1. The highest BCUT2D eigenvalue weighted by Crippen LogP contribution is 2.44. The number of carboxylic acid groups (broad SMARTS) is 1. The zero-order valence-electron chi connectivity index (χ0n) is 16.3. The lowest BCUT2D eigenvalue weighted by molar-refractivity contribution is -0.148. The van der Waals surface area contributed by atoms with E-state index in [9.17, 15) is 14.7 Å². The number of carboxylic acids is 1. The van der Waals surface area contributed by atoms with Crippen LogP contribution in [-0.4, -0.2) is 41.3 Å². The first kappa shape index (κ1) is 18.4. The van der Waals surface area contributed by atoms with E-state index in [0.29, 0.717) is 6.54 Å². The second-order valence-electron chi connectivity index (χ2n) is 7.76. The zero-order valence-corrected chi connectivity index (χ0v) is 16.3. The van der Waals surface area contributed by atoms with E-state index in [-0.39, 0.29) is 18.4 Å². The quantitative estimate of drug-likeness (QED) is 0.702. The van der Waals surface area contributed by atoms with Crippen LogP contribution in [0.3, 0.4) is 0 Å². The number of amides is 1. The van der Waals surface area contributed by atoms with E-state index >= 15 is 0 Å². The highest BCUT2D eigenvalue weighted by atomic mass is 16.6. The molecule has 0 spiro atoms. The first-order valence-electron chi connectivity index (χ1n) is 10.0. The summed E-state index contributed by atoms with van der Waals surface area (Å²) >= 11 is 0. The third kappa shape index (κ3) is 2.94. The van der Waals surface area contributed by atoms with Gasteiger partial charge in [0.15, 0.2) is 0 Å². The van der Waals surface area contributed by atoms with Crippen molar-refractivity contribution in [2.24, 2.45) is 0 Å². The maximum Gasteiger partial charge on any atom is 0.410 e. The summed E-state index contributed by atoms with van der Waals surface area (Å²) < 4.78 is 5.63. The van der Waals surface area contributed by atoms with E-state index in [2.05, 4.69) is 24.3 Å². The zero-order chi connectivity index (χ0) is 20.7. The largest absolute Gasteiger partial charge is 0.480 e. The number of nitrogens with zero attached hydrogens (tertiary/aromatic N) is 1. The molecule has 0 bridgehead atoms. The monoisotopic (exact) mass is 399 g/mol. The summed E-state index contributed by atoms with van der Waals surface area (Å²) in [4.78, 5) is 25.9. The SMILES string of the molecule is O=C(O)[C@@H]1[C@H](c2ccccc2)CN1C(=O)OCC1c2ccccc2-c2ccccc21. The first-order chi connectivity index (χ1) is 14.6. The van der Waals surface area contributed by atoms with Gasteiger partial charge in [-0.1, -0.05) is 78.9 Å². The number of hydrogen-bond donors (Lipinski definition) is 1. The number of carbonyl (C=O) groups is 2. The van der Waals surface area contributed by atoms with Crippen molar-refractivity contribution < 1.29 is 19.4 Å². The van der Waals surface area contributed by atoms with Crippen LogP contribution in [0.5, 0.6) is 0 Å². The van der Waals surface area contributed by atoms with Gasteiger partial charge in [-0.3, -0.25) is 4.90 Å². The molecule has 3 aromatic rings. The molecule has 1 saturated heterocycles. The van der Waals surface area contributed by atoms with Crippen molar-refractivity contribution >= 4 is 12.1 Å². The molecule has 30 heavy (non-hydrogen) atoms. The van der Waals surface area contributed by atoms with E-state index in [1.807, 2.05) is 54.6 Å². The lowest BCUT2D eigenvalue weighted by Gasteiger charge is -2.44.